The number of hydrogen-bond donors (Lipinski definition) is 0. The first kappa shape index (κ1) is 13.0. The third-order valence-electron chi connectivity index (χ3n) is 2.88. The number of thiophene rings is 1. The number of hydrogen-bond acceptors (Lipinski definition) is 3. The molecule has 96 valence electrons. The van der Waals surface area contributed by atoms with E-state index in [1.54, 1.807) is 29.5 Å². The zero-order valence-corrected chi connectivity index (χ0v) is 13.5. The lowest BCUT2D eigenvalue weighted by Crippen LogP contribution is -2.28. The standard InChI is InChI=1S/C13H7Br2NO2S/c14-7-1-3-9-10(5-7)16(13(18)12(9)17)6-8-2-4-11(15)19-8/h1-5H,6H2. The molecule has 1 aromatic carbocycles. The van der Waals surface area contributed by atoms with Gasteiger partial charge in [0.1, 0.15) is 0 Å². The largest absolute Gasteiger partial charge is 0.299 e. The van der Waals surface area contributed by atoms with Gasteiger partial charge in [0, 0.05) is 9.35 Å². The maximum atomic E-state index is 12.0. The number of nitrogens with zero attached hydrogens (tertiary/aromatic N) is 1. The van der Waals surface area contributed by atoms with E-state index in [0.29, 0.717) is 17.8 Å². The summed E-state index contributed by atoms with van der Waals surface area (Å²) in [6.45, 7) is 0.421. The predicted molar refractivity (Wildman–Crippen MR) is 81.7 cm³/mol. The van der Waals surface area contributed by atoms with E-state index in [-0.39, 0.29) is 0 Å². The Labute approximate surface area is 130 Å². The minimum Gasteiger partial charge on any atom is -0.299 e. The van der Waals surface area contributed by atoms with Crippen molar-refractivity contribution in [3.8, 4) is 0 Å². The first-order valence-corrected chi connectivity index (χ1v) is 7.86. The van der Waals surface area contributed by atoms with Crippen LogP contribution in [0.25, 0.3) is 0 Å². The summed E-state index contributed by atoms with van der Waals surface area (Å²) in [5.41, 5.74) is 1.15. The molecule has 1 aliphatic rings. The van der Waals surface area contributed by atoms with Crippen LogP contribution in [0.4, 0.5) is 5.69 Å². The SMILES string of the molecule is O=C1C(=O)N(Cc2ccc(Br)s2)c2cc(Br)ccc21. The van der Waals surface area contributed by atoms with E-state index in [1.165, 1.54) is 4.90 Å². The first-order chi connectivity index (χ1) is 9.06. The van der Waals surface area contributed by atoms with Gasteiger partial charge < -0.3 is 0 Å². The summed E-state index contributed by atoms with van der Waals surface area (Å²) >= 11 is 8.32. The highest BCUT2D eigenvalue weighted by Gasteiger charge is 2.35. The van der Waals surface area contributed by atoms with Gasteiger partial charge in [-0.15, -0.1) is 11.3 Å². The van der Waals surface area contributed by atoms with Crippen LogP contribution < -0.4 is 4.90 Å². The lowest BCUT2D eigenvalue weighted by molar-refractivity contribution is -0.114. The lowest BCUT2D eigenvalue weighted by atomic mass is 10.1. The number of Topliss-reactive ketones (excluding diaryl/α,β-unsaturated/α-hetero) is 1. The van der Waals surface area contributed by atoms with Crippen LogP contribution in [0.15, 0.2) is 38.6 Å². The second-order valence-electron chi connectivity index (χ2n) is 4.09. The molecule has 0 saturated heterocycles. The monoisotopic (exact) mass is 399 g/mol. The first-order valence-electron chi connectivity index (χ1n) is 5.46. The highest BCUT2D eigenvalue weighted by molar-refractivity contribution is 9.11. The average Bonchev–Trinajstić information content (AvgIpc) is 2.88. The van der Waals surface area contributed by atoms with Gasteiger partial charge >= 0.3 is 0 Å². The smallest absolute Gasteiger partial charge is 0.299 e. The van der Waals surface area contributed by atoms with Crippen molar-refractivity contribution in [3.63, 3.8) is 0 Å². The Kier molecular flexibility index (Phi) is 3.32. The molecule has 6 heteroatoms. The van der Waals surface area contributed by atoms with Gasteiger partial charge in [-0.05, 0) is 46.3 Å². The fourth-order valence-electron chi connectivity index (χ4n) is 2.02. The molecule has 0 saturated carbocycles. The summed E-state index contributed by atoms with van der Waals surface area (Å²) in [4.78, 5) is 26.5. The fraction of sp³-hybridized carbons (Fsp3) is 0.0769. The van der Waals surface area contributed by atoms with Gasteiger partial charge in [0.2, 0.25) is 0 Å². The minimum atomic E-state index is -0.461. The second-order valence-corrected chi connectivity index (χ2v) is 7.55. The summed E-state index contributed by atoms with van der Waals surface area (Å²) in [6, 6.07) is 9.15. The number of anilines is 1. The van der Waals surface area contributed by atoms with Crippen LogP contribution >= 0.6 is 43.2 Å². The van der Waals surface area contributed by atoms with Crippen molar-refractivity contribution in [1.29, 1.82) is 0 Å². The van der Waals surface area contributed by atoms with Gasteiger partial charge in [-0.1, -0.05) is 15.9 Å². The molecule has 0 spiro atoms. The number of carbonyl (C=O) groups is 2. The van der Waals surface area contributed by atoms with Crippen molar-refractivity contribution in [2.24, 2.45) is 0 Å². The summed E-state index contributed by atoms with van der Waals surface area (Å²) in [5.74, 6) is -0.893. The third kappa shape index (κ3) is 2.28. The highest BCUT2D eigenvalue weighted by atomic mass is 79.9. The van der Waals surface area contributed by atoms with Crippen LogP contribution in [-0.2, 0) is 11.3 Å². The van der Waals surface area contributed by atoms with E-state index in [4.69, 9.17) is 0 Å². The average molecular weight is 401 g/mol. The molecule has 0 unspecified atom stereocenters. The molecule has 3 rings (SSSR count). The molecule has 0 radical (unpaired) electrons. The van der Waals surface area contributed by atoms with Gasteiger partial charge in [0.15, 0.2) is 0 Å². The zero-order valence-electron chi connectivity index (χ0n) is 9.52. The lowest BCUT2D eigenvalue weighted by Gasteiger charge is -2.15. The highest BCUT2D eigenvalue weighted by Crippen LogP contribution is 2.34. The molecule has 0 fully saturated rings. The van der Waals surface area contributed by atoms with E-state index < -0.39 is 11.7 Å². The zero-order chi connectivity index (χ0) is 13.6. The van der Waals surface area contributed by atoms with Crippen LogP contribution in [0.5, 0.6) is 0 Å². The van der Waals surface area contributed by atoms with Gasteiger partial charge in [-0.3, -0.25) is 14.5 Å². The molecule has 2 heterocycles. The van der Waals surface area contributed by atoms with Crippen LogP contribution in [0.3, 0.4) is 0 Å². The molecular formula is C13H7Br2NO2S. The number of amides is 1. The van der Waals surface area contributed by atoms with Crippen molar-refractivity contribution in [1.82, 2.24) is 0 Å². The Morgan fingerprint density at radius 2 is 1.89 bits per heavy atom. The van der Waals surface area contributed by atoms with E-state index in [1.807, 2.05) is 12.1 Å². The topological polar surface area (TPSA) is 37.4 Å². The summed E-state index contributed by atoms with van der Waals surface area (Å²) in [5, 5.41) is 0. The molecule has 1 amide bonds. The number of benzene rings is 1. The van der Waals surface area contributed by atoms with Gasteiger partial charge in [-0.2, -0.15) is 0 Å². The maximum Gasteiger partial charge on any atom is 0.299 e. The van der Waals surface area contributed by atoms with Gasteiger partial charge in [-0.25, -0.2) is 0 Å². The molecule has 19 heavy (non-hydrogen) atoms. The summed E-state index contributed by atoms with van der Waals surface area (Å²) < 4.78 is 1.86. The van der Waals surface area contributed by atoms with Gasteiger partial charge in [0.25, 0.3) is 11.7 Å². The third-order valence-corrected chi connectivity index (χ3v) is 4.98. The Morgan fingerprint density at radius 3 is 2.58 bits per heavy atom. The van der Waals surface area contributed by atoms with Crippen LogP contribution in [0.2, 0.25) is 0 Å². The van der Waals surface area contributed by atoms with Crippen molar-refractivity contribution in [2.75, 3.05) is 4.90 Å². The van der Waals surface area contributed by atoms with E-state index in [2.05, 4.69) is 31.9 Å². The van der Waals surface area contributed by atoms with Gasteiger partial charge in [0.05, 0.1) is 21.6 Å². The number of rotatable bonds is 2. The maximum absolute atomic E-state index is 12.0. The van der Waals surface area contributed by atoms with Crippen molar-refractivity contribution in [3.05, 3.63) is 49.0 Å². The molecule has 0 N–H and O–H groups in total. The van der Waals surface area contributed by atoms with E-state index in [0.717, 1.165) is 13.1 Å². The quantitative estimate of drug-likeness (QED) is 0.714. The fourth-order valence-corrected chi connectivity index (χ4v) is 3.84. The Morgan fingerprint density at radius 1 is 1.11 bits per heavy atom. The second kappa shape index (κ2) is 4.85. The Bertz CT molecular complexity index is 696. The minimum absolute atomic E-state index is 0.421. The van der Waals surface area contributed by atoms with Crippen LogP contribution in [0, 0.1) is 0 Å². The van der Waals surface area contributed by atoms with Crippen molar-refractivity contribution < 1.29 is 9.59 Å². The predicted octanol–water partition coefficient (Wildman–Crippen LogP) is 4.00. The van der Waals surface area contributed by atoms with E-state index in [9.17, 15) is 9.59 Å². The summed E-state index contributed by atoms with van der Waals surface area (Å²) in [6.07, 6.45) is 0. The van der Waals surface area contributed by atoms with Crippen molar-refractivity contribution in [2.45, 2.75) is 6.54 Å². The normalized spacial score (nSPS) is 14.1. The molecule has 0 atom stereocenters. The van der Waals surface area contributed by atoms with Crippen molar-refractivity contribution >= 4 is 60.6 Å². The molecule has 2 aromatic rings. The Hall–Kier alpha value is -0.980. The van der Waals surface area contributed by atoms with E-state index >= 15 is 0 Å². The molecule has 3 nitrogen and oxygen atoms in total. The molecule has 0 aliphatic carbocycles. The number of fused-ring (bicyclic) bond motifs is 1. The van der Waals surface area contributed by atoms with Crippen LogP contribution in [-0.4, -0.2) is 11.7 Å². The Balaban J connectivity index is 2.01. The number of ketones is 1. The van der Waals surface area contributed by atoms with Crippen LogP contribution in [0.1, 0.15) is 15.2 Å². The molecule has 0 bridgehead atoms. The summed E-state index contributed by atoms with van der Waals surface area (Å²) in [7, 11) is 0. The molecule has 1 aliphatic heterocycles. The molecule has 1 aromatic heterocycles. The molecular weight excluding hydrogens is 394 g/mol. The number of halogens is 2. The number of carbonyl (C=O) groups excluding carboxylic acids is 2.